The summed E-state index contributed by atoms with van der Waals surface area (Å²) in [5, 5.41) is 10.2. The lowest BCUT2D eigenvalue weighted by Gasteiger charge is -2.32. The second-order valence-corrected chi connectivity index (χ2v) is 4.42. The molecule has 0 aliphatic carbocycles. The normalized spacial score (nSPS) is 21.2. The molecule has 1 aliphatic heterocycles. The molecule has 2 heterocycles. The number of rotatable bonds is 2. The van der Waals surface area contributed by atoms with Crippen molar-refractivity contribution >= 4 is 17.4 Å². The Morgan fingerprint density at radius 3 is 3.06 bits per heavy atom. The highest BCUT2D eigenvalue weighted by Gasteiger charge is 2.21. The zero-order chi connectivity index (χ0) is 11.5. The number of hydrogen-bond acceptors (Lipinski definition) is 4. The molecule has 0 spiro atoms. The van der Waals surface area contributed by atoms with Crippen LogP contribution in [-0.2, 0) is 6.42 Å². The average molecular weight is 242 g/mol. The van der Waals surface area contributed by atoms with Gasteiger partial charge in [0.15, 0.2) is 0 Å². The van der Waals surface area contributed by atoms with Crippen LogP contribution in [0.3, 0.4) is 0 Å². The Balaban J connectivity index is 2.28. The van der Waals surface area contributed by atoms with Crippen LogP contribution in [0.4, 0.5) is 5.82 Å². The molecule has 1 aliphatic rings. The van der Waals surface area contributed by atoms with Gasteiger partial charge in [-0.3, -0.25) is 0 Å². The van der Waals surface area contributed by atoms with Crippen molar-refractivity contribution in [1.82, 2.24) is 9.97 Å². The lowest BCUT2D eigenvalue weighted by molar-refractivity contribution is 0.154. The summed E-state index contributed by atoms with van der Waals surface area (Å²) in [6, 6.07) is 0. The largest absolute Gasteiger partial charge is 0.391 e. The topological polar surface area (TPSA) is 49.2 Å². The average Bonchev–Trinajstić information content (AvgIpc) is 2.28. The number of β-amino-alcohol motifs (C(OH)–C–C–N with tert-alkyl or cyclic N) is 1. The Labute approximate surface area is 100 Å². The molecule has 88 valence electrons. The van der Waals surface area contributed by atoms with Crippen LogP contribution in [0.2, 0.25) is 5.15 Å². The third kappa shape index (κ3) is 2.28. The molecule has 0 saturated carbocycles. The maximum absolute atomic E-state index is 9.66. The molecule has 16 heavy (non-hydrogen) atoms. The molecule has 1 unspecified atom stereocenters. The molecule has 4 nitrogen and oxygen atoms in total. The number of anilines is 1. The zero-order valence-corrected chi connectivity index (χ0v) is 10.1. The third-order valence-corrected chi connectivity index (χ3v) is 3.25. The van der Waals surface area contributed by atoms with E-state index in [2.05, 4.69) is 14.9 Å². The quantitative estimate of drug-likeness (QED) is 0.800. The first-order valence-electron chi connectivity index (χ1n) is 5.64. The summed E-state index contributed by atoms with van der Waals surface area (Å²) in [4.78, 5) is 10.4. The highest BCUT2D eigenvalue weighted by Crippen LogP contribution is 2.26. The minimum atomic E-state index is -0.257. The Morgan fingerprint density at radius 1 is 1.56 bits per heavy atom. The first kappa shape index (κ1) is 11.6. The van der Waals surface area contributed by atoms with Crippen LogP contribution >= 0.6 is 11.6 Å². The van der Waals surface area contributed by atoms with E-state index in [1.54, 1.807) is 0 Å². The summed E-state index contributed by atoms with van der Waals surface area (Å²) < 4.78 is 0. The Kier molecular flexibility index (Phi) is 3.61. The van der Waals surface area contributed by atoms with Gasteiger partial charge in [-0.15, -0.1) is 0 Å². The van der Waals surface area contributed by atoms with E-state index in [9.17, 15) is 5.11 Å². The molecule has 1 saturated heterocycles. The Morgan fingerprint density at radius 2 is 2.38 bits per heavy atom. The highest BCUT2D eigenvalue weighted by atomic mass is 35.5. The molecule has 0 aromatic carbocycles. The first-order chi connectivity index (χ1) is 7.72. The van der Waals surface area contributed by atoms with Gasteiger partial charge >= 0.3 is 0 Å². The monoisotopic (exact) mass is 241 g/mol. The number of nitrogens with zero attached hydrogens (tertiary/aromatic N) is 3. The number of aliphatic hydroxyl groups is 1. The third-order valence-electron chi connectivity index (χ3n) is 2.92. The van der Waals surface area contributed by atoms with E-state index in [4.69, 9.17) is 11.6 Å². The van der Waals surface area contributed by atoms with E-state index in [0.29, 0.717) is 11.7 Å². The van der Waals surface area contributed by atoms with Crippen molar-refractivity contribution in [2.75, 3.05) is 18.0 Å². The van der Waals surface area contributed by atoms with Gasteiger partial charge in [-0.25, -0.2) is 9.97 Å². The molecule has 1 aromatic rings. The van der Waals surface area contributed by atoms with E-state index in [1.165, 1.54) is 6.33 Å². The van der Waals surface area contributed by atoms with Crippen molar-refractivity contribution in [1.29, 1.82) is 0 Å². The maximum Gasteiger partial charge on any atom is 0.137 e. The van der Waals surface area contributed by atoms with Gasteiger partial charge in [0.1, 0.15) is 17.3 Å². The van der Waals surface area contributed by atoms with Gasteiger partial charge in [0.2, 0.25) is 0 Å². The molecule has 1 N–H and O–H groups in total. The SMILES string of the molecule is CCc1c(Cl)ncnc1N1CCCC(O)C1. The minimum absolute atomic E-state index is 0.257. The number of hydrogen-bond donors (Lipinski definition) is 1. The first-order valence-corrected chi connectivity index (χ1v) is 6.02. The van der Waals surface area contributed by atoms with Gasteiger partial charge in [-0.05, 0) is 19.3 Å². The van der Waals surface area contributed by atoms with Crippen molar-refractivity contribution in [3.8, 4) is 0 Å². The molecular weight excluding hydrogens is 226 g/mol. The van der Waals surface area contributed by atoms with Crippen molar-refractivity contribution in [2.45, 2.75) is 32.3 Å². The van der Waals surface area contributed by atoms with Gasteiger partial charge in [0, 0.05) is 18.7 Å². The summed E-state index contributed by atoms with van der Waals surface area (Å²) in [6.45, 7) is 3.60. The number of aliphatic hydroxyl groups excluding tert-OH is 1. The minimum Gasteiger partial charge on any atom is -0.391 e. The predicted octanol–water partition coefficient (Wildman–Crippen LogP) is 1.65. The lowest BCUT2D eigenvalue weighted by Crippen LogP contribution is -2.39. The fourth-order valence-electron chi connectivity index (χ4n) is 2.11. The zero-order valence-electron chi connectivity index (χ0n) is 9.36. The van der Waals surface area contributed by atoms with Gasteiger partial charge in [0.25, 0.3) is 0 Å². The van der Waals surface area contributed by atoms with E-state index < -0.39 is 0 Å². The lowest BCUT2D eigenvalue weighted by atomic mass is 10.1. The van der Waals surface area contributed by atoms with Crippen LogP contribution in [-0.4, -0.2) is 34.3 Å². The molecule has 2 rings (SSSR count). The van der Waals surface area contributed by atoms with Crippen molar-refractivity contribution in [2.24, 2.45) is 0 Å². The van der Waals surface area contributed by atoms with Gasteiger partial charge in [-0.2, -0.15) is 0 Å². The Bertz CT molecular complexity index is 372. The smallest absolute Gasteiger partial charge is 0.137 e. The molecule has 0 radical (unpaired) electrons. The summed E-state index contributed by atoms with van der Waals surface area (Å²) in [6.07, 6.45) is 3.90. The van der Waals surface area contributed by atoms with E-state index in [1.807, 2.05) is 6.92 Å². The second kappa shape index (κ2) is 4.97. The van der Waals surface area contributed by atoms with Crippen LogP contribution in [0.1, 0.15) is 25.3 Å². The number of halogens is 1. The van der Waals surface area contributed by atoms with Crippen molar-refractivity contribution < 1.29 is 5.11 Å². The molecule has 1 fully saturated rings. The molecule has 0 bridgehead atoms. The highest BCUT2D eigenvalue weighted by molar-refractivity contribution is 6.30. The Hall–Kier alpha value is -0.870. The predicted molar refractivity (Wildman–Crippen MR) is 63.9 cm³/mol. The summed E-state index contributed by atoms with van der Waals surface area (Å²) in [5.74, 6) is 0.876. The van der Waals surface area contributed by atoms with E-state index in [-0.39, 0.29) is 6.10 Å². The van der Waals surface area contributed by atoms with E-state index >= 15 is 0 Å². The van der Waals surface area contributed by atoms with Gasteiger partial charge in [0.05, 0.1) is 6.10 Å². The van der Waals surface area contributed by atoms with E-state index in [0.717, 1.165) is 37.2 Å². The standard InChI is InChI=1S/C11H16ClN3O/c1-2-9-10(12)13-7-14-11(9)15-5-3-4-8(16)6-15/h7-8,16H,2-6H2,1H3. The summed E-state index contributed by atoms with van der Waals surface area (Å²) in [5.41, 5.74) is 0.971. The van der Waals surface area contributed by atoms with Crippen LogP contribution in [0.25, 0.3) is 0 Å². The van der Waals surface area contributed by atoms with Crippen molar-refractivity contribution in [3.63, 3.8) is 0 Å². The van der Waals surface area contributed by atoms with Crippen LogP contribution < -0.4 is 4.90 Å². The number of piperidine rings is 1. The molecule has 0 amide bonds. The molecule has 1 aromatic heterocycles. The molecule has 5 heteroatoms. The second-order valence-electron chi connectivity index (χ2n) is 4.06. The summed E-state index contributed by atoms with van der Waals surface area (Å²) >= 11 is 6.04. The van der Waals surface area contributed by atoms with Gasteiger partial charge in [-0.1, -0.05) is 18.5 Å². The van der Waals surface area contributed by atoms with Crippen molar-refractivity contribution in [3.05, 3.63) is 17.0 Å². The maximum atomic E-state index is 9.66. The molecular formula is C11H16ClN3O. The van der Waals surface area contributed by atoms with Gasteiger partial charge < -0.3 is 10.0 Å². The number of aromatic nitrogens is 2. The fourth-order valence-corrected chi connectivity index (χ4v) is 2.37. The van der Waals surface area contributed by atoms with Crippen LogP contribution in [0.5, 0.6) is 0 Å². The van der Waals surface area contributed by atoms with Crippen LogP contribution in [0.15, 0.2) is 6.33 Å². The summed E-state index contributed by atoms with van der Waals surface area (Å²) in [7, 11) is 0. The van der Waals surface area contributed by atoms with Crippen LogP contribution in [0, 0.1) is 0 Å². The molecule has 1 atom stereocenters. The fraction of sp³-hybridized carbons (Fsp3) is 0.636.